The van der Waals surface area contributed by atoms with Gasteiger partial charge in [0.15, 0.2) is 0 Å². The van der Waals surface area contributed by atoms with Crippen LogP contribution in [-0.2, 0) is 26.0 Å². The number of benzene rings is 1. The standard InChI is InChI=1S/C22H28F3N7O5S4/c1-2-3-4-5-9-12-17(33)26-22(28-20(35)21(23,24)25,27-19(34)15-10-7-6-8-11-15)41(36,37)32(39)30-18(38)13-16-14-40-31-29-16/h6-8,10-11,14,39H,2-5,9,12-13H2,1H3,(H,26,33)(H,27,34)(H,28,35)(H,30,38). The Morgan fingerprint density at radius 3 is 2.29 bits per heavy atom. The van der Waals surface area contributed by atoms with E-state index in [0.29, 0.717) is 12.1 Å². The number of sulfonamides is 1. The molecular weight excluding hydrogens is 628 g/mol. The molecule has 0 aliphatic rings. The van der Waals surface area contributed by atoms with Crippen LogP contribution in [0.5, 0.6) is 0 Å². The number of rotatable bonds is 15. The van der Waals surface area contributed by atoms with Crippen molar-refractivity contribution in [2.45, 2.75) is 63.2 Å². The first-order chi connectivity index (χ1) is 19.2. The summed E-state index contributed by atoms with van der Waals surface area (Å²) in [5.74, 6) is -5.08. The van der Waals surface area contributed by atoms with Gasteiger partial charge in [-0.1, -0.05) is 84.1 Å². The molecule has 1 aromatic heterocycles. The lowest BCUT2D eigenvalue weighted by atomic mass is 10.1. The molecule has 0 aliphatic carbocycles. The number of hydrogen-bond acceptors (Lipinski definition) is 10. The largest absolute Gasteiger partial charge is 0.471 e. The molecule has 0 saturated heterocycles. The minimum atomic E-state index is -5.61. The van der Waals surface area contributed by atoms with Crippen molar-refractivity contribution in [2.75, 3.05) is 0 Å². The molecule has 0 bridgehead atoms. The van der Waals surface area contributed by atoms with E-state index < -0.39 is 39.0 Å². The number of halogens is 3. The number of thiocarbonyl (C=S) groups is 1. The zero-order chi connectivity index (χ0) is 30.7. The highest BCUT2D eigenvalue weighted by atomic mass is 32.3. The van der Waals surface area contributed by atoms with Crippen LogP contribution in [0.25, 0.3) is 0 Å². The zero-order valence-electron chi connectivity index (χ0n) is 21.6. The number of alkyl halides is 3. The van der Waals surface area contributed by atoms with Crippen LogP contribution in [0, 0.1) is 0 Å². The van der Waals surface area contributed by atoms with Crippen LogP contribution in [0.3, 0.4) is 0 Å². The van der Waals surface area contributed by atoms with E-state index in [1.165, 1.54) is 41.0 Å². The molecule has 1 aromatic carbocycles. The summed E-state index contributed by atoms with van der Waals surface area (Å²) in [5.41, 5.74) is 2.33. The van der Waals surface area contributed by atoms with Gasteiger partial charge in [-0.25, -0.2) is 8.42 Å². The summed E-state index contributed by atoms with van der Waals surface area (Å²) >= 11 is 9.89. The molecule has 0 spiro atoms. The summed E-state index contributed by atoms with van der Waals surface area (Å²) < 4.78 is 71.3. The fourth-order valence-corrected chi connectivity index (χ4v) is 5.73. The summed E-state index contributed by atoms with van der Waals surface area (Å²) in [5, 5.41) is 6.68. The third kappa shape index (κ3) is 10.2. The van der Waals surface area contributed by atoms with Gasteiger partial charge in [0.2, 0.25) is 5.91 Å². The van der Waals surface area contributed by atoms with Crippen LogP contribution >= 0.6 is 36.6 Å². The molecule has 2 rings (SSSR count). The molecule has 0 saturated carbocycles. The predicted octanol–water partition coefficient (Wildman–Crippen LogP) is 2.59. The Morgan fingerprint density at radius 1 is 1.05 bits per heavy atom. The third-order valence-corrected chi connectivity index (χ3v) is 8.44. The summed E-state index contributed by atoms with van der Waals surface area (Å²) in [6.45, 7) is 1.97. The fourth-order valence-electron chi connectivity index (χ4n) is 3.25. The van der Waals surface area contributed by atoms with E-state index in [2.05, 4.69) is 27.8 Å². The van der Waals surface area contributed by atoms with E-state index in [0.717, 1.165) is 30.8 Å². The molecule has 2 aromatic rings. The highest BCUT2D eigenvalue weighted by Crippen LogP contribution is 2.22. The average Bonchev–Trinajstić information content (AvgIpc) is 3.41. The minimum absolute atomic E-state index is 0.0153. The van der Waals surface area contributed by atoms with Crippen molar-refractivity contribution < 1.29 is 36.0 Å². The molecule has 1 heterocycles. The van der Waals surface area contributed by atoms with Gasteiger partial charge >= 0.3 is 27.2 Å². The number of carbonyl (C=O) groups is 3. The normalized spacial score (nSPS) is 13.2. The summed E-state index contributed by atoms with van der Waals surface area (Å²) in [6, 6.07) is 6.83. The van der Waals surface area contributed by atoms with Gasteiger partial charge in [0.05, 0.1) is 10.7 Å². The minimum Gasteiger partial charge on any atom is -0.302 e. The van der Waals surface area contributed by atoms with Crippen LogP contribution in [0.1, 0.15) is 61.5 Å². The lowest BCUT2D eigenvalue weighted by Crippen LogP contribution is -2.77. The zero-order valence-corrected chi connectivity index (χ0v) is 24.9. The summed E-state index contributed by atoms with van der Waals surface area (Å²) in [4.78, 5) is 37.8. The van der Waals surface area contributed by atoms with Crippen LogP contribution in [0.4, 0.5) is 13.2 Å². The van der Waals surface area contributed by atoms with Gasteiger partial charge in [0, 0.05) is 23.8 Å². The van der Waals surface area contributed by atoms with Crippen LogP contribution in [0.15, 0.2) is 35.7 Å². The molecule has 226 valence electrons. The first kappa shape index (κ1) is 34.3. The summed E-state index contributed by atoms with van der Waals surface area (Å²) in [7, 11) is -5.46. The second-order valence-electron chi connectivity index (χ2n) is 8.52. The Morgan fingerprint density at radius 2 is 1.71 bits per heavy atom. The van der Waals surface area contributed by atoms with Gasteiger partial charge in [-0.05, 0) is 30.1 Å². The van der Waals surface area contributed by atoms with Crippen molar-refractivity contribution in [2.24, 2.45) is 0 Å². The Hall–Kier alpha value is -2.87. The van der Waals surface area contributed by atoms with Crippen molar-refractivity contribution in [1.82, 2.24) is 34.8 Å². The number of unbranched alkanes of at least 4 members (excludes halogenated alkanes) is 4. The maximum atomic E-state index is 13.8. The second kappa shape index (κ2) is 15.4. The molecule has 41 heavy (non-hydrogen) atoms. The van der Waals surface area contributed by atoms with Gasteiger partial charge in [0.1, 0.15) is 0 Å². The first-order valence-corrected chi connectivity index (χ1v) is 15.2. The monoisotopic (exact) mass is 655 g/mol. The van der Waals surface area contributed by atoms with E-state index >= 15 is 0 Å². The molecule has 0 radical (unpaired) electrons. The number of nitrogens with one attached hydrogen (secondary N) is 4. The maximum Gasteiger partial charge on any atom is 0.471 e. The van der Waals surface area contributed by atoms with E-state index in [1.54, 1.807) is 0 Å². The molecular formula is C22H28F3N7O5S4. The molecule has 0 aliphatic heterocycles. The molecule has 3 amide bonds. The SMILES string of the molecule is CCCCCCCC(=O)NC(NC(=O)c1ccccc1)(NC(=O)C(F)(F)F)S(=O)(=O)N(S)NC(=S)Cc1csnn1. The van der Waals surface area contributed by atoms with Crippen molar-refractivity contribution in [3.8, 4) is 0 Å². The number of hydrazine groups is 1. The van der Waals surface area contributed by atoms with Crippen molar-refractivity contribution in [3.05, 3.63) is 47.0 Å². The van der Waals surface area contributed by atoms with Crippen molar-refractivity contribution in [1.29, 1.82) is 0 Å². The lowest BCUT2D eigenvalue weighted by molar-refractivity contribution is -0.175. The average molecular weight is 656 g/mol. The van der Waals surface area contributed by atoms with Gasteiger partial charge in [-0.15, -0.1) is 5.10 Å². The Labute approximate surface area is 249 Å². The summed E-state index contributed by atoms with van der Waals surface area (Å²) in [6.07, 6.45) is -2.67. The van der Waals surface area contributed by atoms with Crippen molar-refractivity contribution in [3.63, 3.8) is 0 Å². The highest BCUT2D eigenvalue weighted by molar-refractivity contribution is 8.00. The number of nitrogens with zero attached hydrogens (tertiary/aromatic N) is 3. The molecule has 1 unspecified atom stereocenters. The van der Waals surface area contributed by atoms with E-state index in [4.69, 9.17) is 12.2 Å². The third-order valence-electron chi connectivity index (χ3n) is 5.28. The lowest BCUT2D eigenvalue weighted by Gasteiger charge is -2.37. The smallest absolute Gasteiger partial charge is 0.302 e. The highest BCUT2D eigenvalue weighted by Gasteiger charge is 2.55. The Balaban J connectivity index is 2.49. The molecule has 19 heteroatoms. The van der Waals surface area contributed by atoms with Crippen LogP contribution in [0.2, 0.25) is 0 Å². The maximum absolute atomic E-state index is 13.8. The first-order valence-electron chi connectivity index (χ1n) is 12.1. The van der Waals surface area contributed by atoms with Gasteiger partial charge in [-0.2, -0.15) is 13.2 Å². The van der Waals surface area contributed by atoms with Gasteiger partial charge < -0.3 is 5.32 Å². The predicted molar refractivity (Wildman–Crippen MR) is 151 cm³/mol. The van der Waals surface area contributed by atoms with E-state index in [1.807, 2.05) is 17.6 Å². The number of carbonyl (C=O) groups excluding carboxylic acids is 3. The Kier molecular flexibility index (Phi) is 12.9. The number of hydrogen-bond donors (Lipinski definition) is 5. The van der Waals surface area contributed by atoms with Gasteiger partial charge in [0.25, 0.3) is 5.91 Å². The molecule has 1 atom stereocenters. The van der Waals surface area contributed by atoms with E-state index in [9.17, 15) is 36.0 Å². The number of amides is 3. The van der Waals surface area contributed by atoms with Crippen LogP contribution in [-0.4, -0.2) is 55.8 Å². The molecule has 0 fully saturated rings. The topological polar surface area (TPSA) is 162 Å². The van der Waals surface area contributed by atoms with Crippen molar-refractivity contribution >= 4 is 69.3 Å². The molecule has 4 N–H and O–H groups in total. The molecule has 12 nitrogen and oxygen atoms in total. The number of aromatic nitrogens is 2. The Bertz CT molecular complexity index is 1300. The van der Waals surface area contributed by atoms with E-state index in [-0.39, 0.29) is 33.6 Å². The van der Waals surface area contributed by atoms with Crippen LogP contribution < -0.4 is 21.4 Å². The quantitative estimate of drug-likeness (QED) is 0.0639. The second-order valence-corrected chi connectivity index (χ2v) is 12.2. The number of thiol groups is 1. The van der Waals surface area contributed by atoms with Gasteiger partial charge in [-0.3, -0.25) is 30.4 Å². The fraction of sp³-hybridized carbons (Fsp3) is 0.455.